The van der Waals surface area contributed by atoms with E-state index >= 15 is 0 Å². The van der Waals surface area contributed by atoms with Crippen molar-refractivity contribution in [1.82, 2.24) is 0 Å². The van der Waals surface area contributed by atoms with Gasteiger partial charge in [-0.1, -0.05) is 43.1 Å². The molecule has 1 unspecified atom stereocenters. The van der Waals surface area contributed by atoms with Crippen LogP contribution in [0.15, 0.2) is 18.2 Å². The maximum Gasteiger partial charge on any atom is 0.140 e. The Balaban J connectivity index is 2.85. The lowest BCUT2D eigenvalue weighted by Crippen LogP contribution is -2.13. The van der Waals surface area contributed by atoms with E-state index in [4.69, 9.17) is 23.2 Å². The Morgan fingerprint density at radius 1 is 1.33 bits per heavy atom. The lowest BCUT2D eigenvalue weighted by atomic mass is 9.97. The van der Waals surface area contributed by atoms with Crippen molar-refractivity contribution in [2.45, 2.75) is 26.7 Å². The van der Waals surface area contributed by atoms with Gasteiger partial charge in [0.15, 0.2) is 0 Å². The molecular formula is C12H14Cl2O. The molecule has 0 amide bonds. The number of Topliss-reactive ketones (excluding diaryl/α,β-unsaturated/α-hetero) is 1. The number of carbonyl (C=O) groups excluding carboxylic acids is 1. The summed E-state index contributed by atoms with van der Waals surface area (Å²) in [6.07, 6.45) is 1.18. The van der Waals surface area contributed by atoms with E-state index in [9.17, 15) is 4.79 Å². The molecule has 0 aliphatic carbocycles. The third-order valence-electron chi connectivity index (χ3n) is 2.57. The molecule has 0 aliphatic rings. The first-order valence-corrected chi connectivity index (χ1v) is 5.77. The Bertz CT molecular complexity index is 340. The maximum absolute atomic E-state index is 11.7. The van der Waals surface area contributed by atoms with E-state index in [1.165, 1.54) is 0 Å². The standard InChI is InChI=1S/C12H14Cl2O/c1-3-8(2)12(15)7-9-10(13)5-4-6-11(9)14/h4-6,8H,3,7H2,1-2H3. The first-order valence-electron chi connectivity index (χ1n) is 5.01. The smallest absolute Gasteiger partial charge is 0.140 e. The largest absolute Gasteiger partial charge is 0.299 e. The molecule has 0 N–H and O–H groups in total. The van der Waals surface area contributed by atoms with Crippen LogP contribution in [0.5, 0.6) is 0 Å². The molecule has 1 nitrogen and oxygen atoms in total. The van der Waals surface area contributed by atoms with E-state index in [1.807, 2.05) is 13.8 Å². The number of hydrogen-bond donors (Lipinski definition) is 0. The third-order valence-corrected chi connectivity index (χ3v) is 3.28. The van der Waals surface area contributed by atoms with Crippen LogP contribution in [0, 0.1) is 5.92 Å². The van der Waals surface area contributed by atoms with Crippen molar-refractivity contribution in [2.24, 2.45) is 5.92 Å². The summed E-state index contributed by atoms with van der Waals surface area (Å²) >= 11 is 12.0. The zero-order chi connectivity index (χ0) is 11.4. The highest BCUT2D eigenvalue weighted by Crippen LogP contribution is 2.25. The summed E-state index contributed by atoms with van der Waals surface area (Å²) in [6.45, 7) is 3.92. The second kappa shape index (κ2) is 5.53. The molecule has 0 saturated carbocycles. The first kappa shape index (κ1) is 12.5. The minimum absolute atomic E-state index is 0.0670. The second-order valence-corrected chi connectivity index (χ2v) is 4.47. The van der Waals surface area contributed by atoms with E-state index in [1.54, 1.807) is 18.2 Å². The van der Waals surface area contributed by atoms with Gasteiger partial charge < -0.3 is 0 Å². The zero-order valence-electron chi connectivity index (χ0n) is 8.89. The van der Waals surface area contributed by atoms with E-state index in [0.717, 1.165) is 12.0 Å². The van der Waals surface area contributed by atoms with Crippen LogP contribution in [0.2, 0.25) is 10.0 Å². The average molecular weight is 245 g/mol. The molecule has 15 heavy (non-hydrogen) atoms. The van der Waals surface area contributed by atoms with Gasteiger partial charge in [-0.25, -0.2) is 0 Å². The molecule has 0 bridgehead atoms. The third kappa shape index (κ3) is 3.22. The molecular weight excluding hydrogens is 231 g/mol. The van der Waals surface area contributed by atoms with Crippen molar-refractivity contribution in [3.05, 3.63) is 33.8 Å². The van der Waals surface area contributed by atoms with Gasteiger partial charge in [-0.15, -0.1) is 0 Å². The predicted octanol–water partition coefficient (Wildman–Crippen LogP) is 4.15. The van der Waals surface area contributed by atoms with Crippen LogP contribution in [0.25, 0.3) is 0 Å². The van der Waals surface area contributed by atoms with E-state index in [0.29, 0.717) is 16.5 Å². The van der Waals surface area contributed by atoms with Crippen molar-refractivity contribution in [2.75, 3.05) is 0 Å². The van der Waals surface area contributed by atoms with Crippen LogP contribution >= 0.6 is 23.2 Å². The number of rotatable bonds is 4. The van der Waals surface area contributed by atoms with Gasteiger partial charge in [0, 0.05) is 22.4 Å². The molecule has 0 aromatic heterocycles. The molecule has 0 fully saturated rings. The summed E-state index contributed by atoms with van der Waals surface area (Å²) in [5.74, 6) is 0.254. The van der Waals surface area contributed by atoms with Crippen LogP contribution in [-0.4, -0.2) is 5.78 Å². The van der Waals surface area contributed by atoms with Gasteiger partial charge in [0.2, 0.25) is 0 Å². The highest BCUT2D eigenvalue weighted by Gasteiger charge is 2.15. The Kier molecular flexibility index (Phi) is 4.62. The molecule has 1 aromatic rings. The van der Waals surface area contributed by atoms with Crippen molar-refractivity contribution in [1.29, 1.82) is 0 Å². The molecule has 82 valence electrons. The van der Waals surface area contributed by atoms with E-state index < -0.39 is 0 Å². The lowest BCUT2D eigenvalue weighted by molar-refractivity contribution is -0.121. The maximum atomic E-state index is 11.7. The van der Waals surface area contributed by atoms with Crippen LogP contribution < -0.4 is 0 Å². The number of carbonyl (C=O) groups is 1. The van der Waals surface area contributed by atoms with Crippen molar-refractivity contribution in [3.63, 3.8) is 0 Å². The molecule has 0 radical (unpaired) electrons. The summed E-state index contributed by atoms with van der Waals surface area (Å²) < 4.78 is 0. The predicted molar refractivity (Wildman–Crippen MR) is 64.6 cm³/mol. The average Bonchev–Trinajstić information content (AvgIpc) is 2.22. The summed E-state index contributed by atoms with van der Waals surface area (Å²) in [5.41, 5.74) is 0.742. The minimum Gasteiger partial charge on any atom is -0.299 e. The Labute approximate surface area is 100 Å². The molecule has 0 spiro atoms. The molecule has 0 saturated heterocycles. The molecule has 3 heteroatoms. The SMILES string of the molecule is CCC(C)C(=O)Cc1c(Cl)cccc1Cl. The van der Waals surface area contributed by atoms with Crippen LogP contribution in [0.3, 0.4) is 0 Å². The van der Waals surface area contributed by atoms with Gasteiger partial charge in [0.1, 0.15) is 5.78 Å². The number of halogens is 2. The van der Waals surface area contributed by atoms with Crippen molar-refractivity contribution < 1.29 is 4.79 Å². The molecule has 0 aliphatic heterocycles. The summed E-state index contributed by atoms with van der Waals surface area (Å²) in [5, 5.41) is 1.14. The monoisotopic (exact) mass is 244 g/mol. The van der Waals surface area contributed by atoms with Gasteiger partial charge in [-0.2, -0.15) is 0 Å². The highest BCUT2D eigenvalue weighted by atomic mass is 35.5. The summed E-state index contributed by atoms with van der Waals surface area (Å²) in [6, 6.07) is 5.29. The minimum atomic E-state index is 0.0670. The summed E-state index contributed by atoms with van der Waals surface area (Å²) in [7, 11) is 0. The van der Waals surface area contributed by atoms with E-state index in [-0.39, 0.29) is 11.7 Å². The second-order valence-electron chi connectivity index (χ2n) is 3.65. The van der Waals surface area contributed by atoms with Gasteiger partial charge in [-0.3, -0.25) is 4.79 Å². The Morgan fingerprint density at radius 2 is 1.87 bits per heavy atom. The quantitative estimate of drug-likeness (QED) is 0.778. The fourth-order valence-electron chi connectivity index (χ4n) is 1.28. The normalized spacial score (nSPS) is 12.5. The van der Waals surface area contributed by atoms with Gasteiger partial charge in [-0.05, 0) is 24.1 Å². The Morgan fingerprint density at radius 3 is 2.33 bits per heavy atom. The lowest BCUT2D eigenvalue weighted by Gasteiger charge is -2.09. The Hall–Kier alpha value is -0.530. The molecule has 1 aromatic carbocycles. The van der Waals surface area contributed by atoms with Crippen molar-refractivity contribution >= 4 is 29.0 Å². The first-order chi connectivity index (χ1) is 7.06. The summed E-state index contributed by atoms with van der Waals surface area (Å²) in [4.78, 5) is 11.7. The van der Waals surface area contributed by atoms with Gasteiger partial charge in [0.05, 0.1) is 0 Å². The van der Waals surface area contributed by atoms with Crippen molar-refractivity contribution in [3.8, 4) is 0 Å². The zero-order valence-corrected chi connectivity index (χ0v) is 10.4. The number of benzene rings is 1. The topological polar surface area (TPSA) is 17.1 Å². The van der Waals surface area contributed by atoms with Gasteiger partial charge in [0.25, 0.3) is 0 Å². The molecule has 1 rings (SSSR count). The molecule has 0 heterocycles. The fourth-order valence-corrected chi connectivity index (χ4v) is 1.81. The number of ketones is 1. The highest BCUT2D eigenvalue weighted by molar-refractivity contribution is 6.36. The van der Waals surface area contributed by atoms with Crippen LogP contribution in [-0.2, 0) is 11.2 Å². The van der Waals surface area contributed by atoms with Crippen LogP contribution in [0.1, 0.15) is 25.8 Å². The van der Waals surface area contributed by atoms with E-state index in [2.05, 4.69) is 0 Å². The number of hydrogen-bond acceptors (Lipinski definition) is 1. The fraction of sp³-hybridized carbons (Fsp3) is 0.417. The van der Waals surface area contributed by atoms with Gasteiger partial charge >= 0.3 is 0 Å². The van der Waals surface area contributed by atoms with Crippen LogP contribution in [0.4, 0.5) is 0 Å². The molecule has 1 atom stereocenters.